The molecule has 9 heteroatoms. The first-order chi connectivity index (χ1) is 16.8. The fourth-order valence-corrected chi connectivity index (χ4v) is 7.76. The Hall–Kier alpha value is -2.33. The highest BCUT2D eigenvalue weighted by Crippen LogP contribution is 2.55. The summed E-state index contributed by atoms with van der Waals surface area (Å²) in [5.41, 5.74) is 3.24. The highest BCUT2D eigenvalue weighted by molar-refractivity contribution is 7.93. The molecular weight excluding hydrogens is 464 g/mol. The van der Waals surface area contributed by atoms with Crippen molar-refractivity contribution in [3.63, 3.8) is 0 Å². The molecule has 0 amide bonds. The van der Waals surface area contributed by atoms with Gasteiger partial charge < -0.3 is 19.4 Å². The summed E-state index contributed by atoms with van der Waals surface area (Å²) in [6.45, 7) is 4.66. The summed E-state index contributed by atoms with van der Waals surface area (Å²) < 4.78 is 40.8. The van der Waals surface area contributed by atoms with Crippen LogP contribution in [0, 0.1) is 0 Å². The van der Waals surface area contributed by atoms with Crippen molar-refractivity contribution in [1.82, 2.24) is 19.1 Å². The molecule has 4 aliphatic rings. The Morgan fingerprint density at radius 1 is 1.06 bits per heavy atom. The number of H-pyrrole nitrogens is 1. The predicted octanol–water partition coefficient (Wildman–Crippen LogP) is 2.79. The van der Waals surface area contributed by atoms with Gasteiger partial charge in [0.25, 0.3) is 0 Å². The lowest BCUT2D eigenvalue weighted by molar-refractivity contribution is 0.0943. The summed E-state index contributed by atoms with van der Waals surface area (Å²) in [5.74, 6) is 1.67. The maximum atomic E-state index is 14.0. The van der Waals surface area contributed by atoms with Gasteiger partial charge in [-0.1, -0.05) is 0 Å². The summed E-state index contributed by atoms with van der Waals surface area (Å²) in [6.07, 6.45) is 6.08. The van der Waals surface area contributed by atoms with Gasteiger partial charge in [-0.15, -0.1) is 0 Å². The minimum absolute atomic E-state index is 0.0424. The second kappa shape index (κ2) is 8.37. The molecule has 35 heavy (non-hydrogen) atoms. The Morgan fingerprint density at radius 3 is 2.51 bits per heavy atom. The standard InChI is InChI=1S/C26H34N4O4S/c1-28-10-12-29(13-11-28)23-15-19(5-7-24(23)34-3)35(31,32)30-16-22-25(26(17-30)8-9-26)20-14-18(33-2)4-6-21(20)27-22/h4-7,14,23,27H,8-13,15-17H2,1-3H3. The van der Waals surface area contributed by atoms with Crippen LogP contribution in [0.1, 0.15) is 30.5 Å². The first-order valence-corrected chi connectivity index (χ1v) is 13.9. The molecule has 2 aliphatic carbocycles. The molecule has 1 atom stereocenters. The van der Waals surface area contributed by atoms with Crippen LogP contribution in [-0.4, -0.2) is 87.5 Å². The summed E-state index contributed by atoms with van der Waals surface area (Å²) in [7, 11) is 1.87. The Kier molecular flexibility index (Phi) is 5.52. The van der Waals surface area contributed by atoms with E-state index in [4.69, 9.17) is 9.47 Å². The third-order valence-electron chi connectivity index (χ3n) is 8.32. The van der Waals surface area contributed by atoms with Gasteiger partial charge in [-0.05, 0) is 55.8 Å². The Labute approximate surface area is 207 Å². The number of sulfonamides is 1. The van der Waals surface area contributed by atoms with Crippen LogP contribution in [0.25, 0.3) is 10.9 Å². The van der Waals surface area contributed by atoms with Gasteiger partial charge in [-0.2, -0.15) is 4.31 Å². The zero-order chi connectivity index (χ0) is 24.4. The van der Waals surface area contributed by atoms with Crippen molar-refractivity contribution in [1.29, 1.82) is 0 Å². The third kappa shape index (κ3) is 3.80. The summed E-state index contributed by atoms with van der Waals surface area (Å²) in [5, 5.41) is 1.16. The second-order valence-corrected chi connectivity index (χ2v) is 12.4. The normalized spacial score (nSPS) is 25.3. The molecule has 1 saturated heterocycles. The fraction of sp³-hybridized carbons (Fsp3) is 0.538. The number of hydrogen-bond acceptors (Lipinski definition) is 6. The molecule has 1 aromatic carbocycles. The predicted molar refractivity (Wildman–Crippen MR) is 136 cm³/mol. The van der Waals surface area contributed by atoms with E-state index in [1.54, 1.807) is 24.6 Å². The fourth-order valence-electron chi connectivity index (χ4n) is 6.11. The molecular formula is C26H34N4O4S. The number of methoxy groups -OCH3 is 2. The van der Waals surface area contributed by atoms with E-state index < -0.39 is 10.0 Å². The van der Waals surface area contributed by atoms with Crippen LogP contribution in [0.3, 0.4) is 0 Å². The van der Waals surface area contributed by atoms with Crippen LogP contribution in [0.2, 0.25) is 0 Å². The lowest BCUT2D eigenvalue weighted by Crippen LogP contribution is -2.51. The topological polar surface area (TPSA) is 78.1 Å². The molecule has 2 aliphatic heterocycles. The molecule has 2 fully saturated rings. The monoisotopic (exact) mass is 498 g/mol. The van der Waals surface area contributed by atoms with Crippen molar-refractivity contribution in [2.45, 2.75) is 37.3 Å². The number of likely N-dealkylation sites (N-methyl/N-ethyl adjacent to an activating group) is 1. The number of hydrogen-bond donors (Lipinski definition) is 1. The number of rotatable bonds is 5. The van der Waals surface area contributed by atoms with Crippen LogP contribution in [0.15, 0.2) is 41.0 Å². The van der Waals surface area contributed by atoms with Gasteiger partial charge in [0.1, 0.15) is 11.5 Å². The van der Waals surface area contributed by atoms with E-state index in [1.165, 1.54) is 5.56 Å². The number of aromatic amines is 1. The molecule has 0 radical (unpaired) electrons. The van der Waals surface area contributed by atoms with Crippen molar-refractivity contribution >= 4 is 20.9 Å². The number of aromatic nitrogens is 1. The van der Waals surface area contributed by atoms with E-state index in [1.807, 2.05) is 18.2 Å². The molecule has 1 N–H and O–H groups in total. The van der Waals surface area contributed by atoms with Gasteiger partial charge >= 0.3 is 0 Å². The molecule has 8 nitrogen and oxygen atoms in total. The van der Waals surface area contributed by atoms with Gasteiger partial charge in [-0.3, -0.25) is 4.90 Å². The van der Waals surface area contributed by atoms with E-state index >= 15 is 0 Å². The largest absolute Gasteiger partial charge is 0.499 e. The highest BCUT2D eigenvalue weighted by Gasteiger charge is 2.53. The highest BCUT2D eigenvalue weighted by atomic mass is 32.2. The number of nitrogens with zero attached hydrogens (tertiary/aromatic N) is 3. The summed E-state index contributed by atoms with van der Waals surface area (Å²) in [4.78, 5) is 8.67. The Morgan fingerprint density at radius 2 is 1.83 bits per heavy atom. The molecule has 188 valence electrons. The van der Waals surface area contributed by atoms with Crippen molar-refractivity contribution in [3.8, 4) is 5.75 Å². The molecule has 1 spiro atoms. The van der Waals surface area contributed by atoms with Gasteiger partial charge in [0.05, 0.1) is 31.7 Å². The van der Waals surface area contributed by atoms with Crippen molar-refractivity contribution < 1.29 is 17.9 Å². The maximum Gasteiger partial charge on any atom is 0.239 e. The number of allylic oxidation sites excluding steroid dienone is 2. The lowest BCUT2D eigenvalue weighted by atomic mass is 9.90. The first-order valence-electron chi connectivity index (χ1n) is 12.4. The van der Waals surface area contributed by atoms with Crippen molar-refractivity contribution in [2.24, 2.45) is 0 Å². The molecule has 1 unspecified atom stereocenters. The minimum atomic E-state index is -3.61. The maximum absolute atomic E-state index is 14.0. The third-order valence-corrected chi connectivity index (χ3v) is 10.2. The molecule has 0 bridgehead atoms. The van der Waals surface area contributed by atoms with Crippen molar-refractivity contribution in [3.05, 3.63) is 52.3 Å². The Bertz CT molecular complexity index is 1320. The van der Waals surface area contributed by atoms with Gasteiger partial charge in [0.2, 0.25) is 10.0 Å². The average molecular weight is 499 g/mol. The van der Waals surface area contributed by atoms with Crippen LogP contribution in [0.4, 0.5) is 0 Å². The van der Waals surface area contributed by atoms with E-state index in [2.05, 4.69) is 27.9 Å². The first kappa shape index (κ1) is 23.1. The van der Waals surface area contributed by atoms with Crippen LogP contribution >= 0.6 is 0 Å². The number of nitrogens with one attached hydrogen (secondary N) is 1. The number of benzene rings is 1. The zero-order valence-electron chi connectivity index (χ0n) is 20.7. The number of piperazine rings is 1. The zero-order valence-corrected chi connectivity index (χ0v) is 21.5. The molecule has 6 rings (SSSR count). The SMILES string of the molecule is COC1=CC=C(S(=O)(=O)N2Cc3[nH]c4ccc(OC)cc4c3C3(CC3)C2)CC1N1CCN(C)CC1. The van der Waals surface area contributed by atoms with Gasteiger partial charge in [0, 0.05) is 61.2 Å². The van der Waals surface area contributed by atoms with Crippen molar-refractivity contribution in [2.75, 3.05) is 54.0 Å². The van der Waals surface area contributed by atoms with Crippen LogP contribution < -0.4 is 4.74 Å². The molecule has 1 saturated carbocycles. The minimum Gasteiger partial charge on any atom is -0.499 e. The number of fused-ring (bicyclic) bond motifs is 4. The summed E-state index contributed by atoms with van der Waals surface area (Å²) >= 11 is 0. The number of ether oxygens (including phenoxy) is 2. The van der Waals surface area contributed by atoms with E-state index in [-0.39, 0.29) is 11.5 Å². The van der Waals surface area contributed by atoms with E-state index in [9.17, 15) is 8.42 Å². The van der Waals surface area contributed by atoms with Gasteiger partial charge in [-0.25, -0.2) is 8.42 Å². The smallest absolute Gasteiger partial charge is 0.239 e. The quantitative estimate of drug-likeness (QED) is 0.683. The summed E-state index contributed by atoms with van der Waals surface area (Å²) in [6, 6.07) is 6.02. The lowest BCUT2D eigenvalue weighted by Gasteiger charge is -2.40. The molecule has 3 heterocycles. The van der Waals surface area contributed by atoms with E-state index in [0.29, 0.717) is 24.4 Å². The van der Waals surface area contributed by atoms with E-state index in [0.717, 1.165) is 67.1 Å². The molecule has 1 aromatic heterocycles. The van der Waals surface area contributed by atoms with Crippen LogP contribution in [0.5, 0.6) is 5.75 Å². The average Bonchev–Trinajstić information content (AvgIpc) is 3.52. The molecule has 2 aromatic rings. The van der Waals surface area contributed by atoms with Gasteiger partial charge in [0.15, 0.2) is 0 Å². The van der Waals surface area contributed by atoms with Crippen LogP contribution in [-0.2, 0) is 26.7 Å². The Balaban J connectivity index is 1.31. The second-order valence-electron chi connectivity index (χ2n) is 10.4.